The molecule has 2 atom stereocenters. The zero-order chi connectivity index (χ0) is 21.6. The van der Waals surface area contributed by atoms with Gasteiger partial charge in [-0.2, -0.15) is 0 Å². The highest BCUT2D eigenvalue weighted by Gasteiger charge is 2.35. The van der Waals surface area contributed by atoms with E-state index in [1.54, 1.807) is 0 Å². The van der Waals surface area contributed by atoms with E-state index in [1.165, 1.54) is 0 Å². The smallest absolute Gasteiger partial charge is 0.283 e. The highest BCUT2D eigenvalue weighted by molar-refractivity contribution is 5.64. The molecule has 1 aromatic carbocycles. The summed E-state index contributed by atoms with van der Waals surface area (Å²) in [6.45, 7) is 7.70. The van der Waals surface area contributed by atoms with Gasteiger partial charge in [0.05, 0.1) is 51.9 Å². The van der Waals surface area contributed by atoms with E-state index in [2.05, 4.69) is 23.2 Å². The van der Waals surface area contributed by atoms with Crippen LogP contribution in [0.4, 0.5) is 5.69 Å². The molecule has 11 heteroatoms. The standard InChI is InChI=1S/C20H33N3O8/c1-2-7-24-9-11-26-13-14-27-12-10-25-8-6-21-16-4-3-5-17-18(16)30-20(29-17)19-22-15-28-23-31-19/h3-5,19-23H,2,6-15H2,1H3. The summed E-state index contributed by atoms with van der Waals surface area (Å²) in [6.07, 6.45) is -0.0797. The SMILES string of the molecule is CCCOCCOCCOCCOCCNc1cccc2c1OC(C1NCONO1)O2. The van der Waals surface area contributed by atoms with Crippen LogP contribution in [0.25, 0.3) is 0 Å². The number of rotatable bonds is 16. The fourth-order valence-corrected chi connectivity index (χ4v) is 2.85. The molecule has 1 fully saturated rings. The van der Waals surface area contributed by atoms with Gasteiger partial charge in [-0.15, -0.1) is 0 Å². The molecule has 2 unspecified atom stereocenters. The lowest BCUT2D eigenvalue weighted by Gasteiger charge is -2.26. The van der Waals surface area contributed by atoms with Crippen molar-refractivity contribution < 1.29 is 38.1 Å². The third-order valence-electron chi connectivity index (χ3n) is 4.32. The molecule has 0 radical (unpaired) electrons. The van der Waals surface area contributed by atoms with E-state index in [-0.39, 0.29) is 6.73 Å². The summed E-state index contributed by atoms with van der Waals surface area (Å²) in [5.74, 6) is 1.30. The predicted octanol–water partition coefficient (Wildman–Crippen LogP) is 1.01. The van der Waals surface area contributed by atoms with Crippen molar-refractivity contribution in [2.75, 3.05) is 71.4 Å². The molecular weight excluding hydrogens is 410 g/mol. The van der Waals surface area contributed by atoms with E-state index in [0.717, 1.165) is 18.7 Å². The molecule has 2 heterocycles. The van der Waals surface area contributed by atoms with Gasteiger partial charge in [-0.05, 0) is 18.6 Å². The lowest BCUT2D eigenvalue weighted by atomic mass is 10.2. The molecule has 0 bridgehead atoms. The summed E-state index contributed by atoms with van der Waals surface area (Å²) in [5.41, 5.74) is 3.19. The van der Waals surface area contributed by atoms with Gasteiger partial charge in [0.1, 0.15) is 6.73 Å². The molecule has 1 aromatic rings. The zero-order valence-electron chi connectivity index (χ0n) is 17.9. The Morgan fingerprint density at radius 3 is 2.32 bits per heavy atom. The highest BCUT2D eigenvalue weighted by atomic mass is 16.9. The van der Waals surface area contributed by atoms with Gasteiger partial charge in [-0.1, -0.05) is 18.6 Å². The van der Waals surface area contributed by atoms with Crippen molar-refractivity contribution in [3.05, 3.63) is 18.2 Å². The van der Waals surface area contributed by atoms with Crippen LogP contribution in [0, 0.1) is 0 Å². The Bertz CT molecular complexity index is 618. The number of ether oxygens (including phenoxy) is 6. The Morgan fingerprint density at radius 2 is 1.65 bits per heavy atom. The van der Waals surface area contributed by atoms with Crippen LogP contribution in [0.15, 0.2) is 18.2 Å². The monoisotopic (exact) mass is 443 g/mol. The Balaban J connectivity index is 1.21. The van der Waals surface area contributed by atoms with Gasteiger partial charge >= 0.3 is 0 Å². The van der Waals surface area contributed by atoms with Crippen LogP contribution in [0.5, 0.6) is 11.5 Å². The van der Waals surface area contributed by atoms with Gasteiger partial charge in [0.2, 0.25) is 6.23 Å². The second-order valence-corrected chi connectivity index (χ2v) is 6.73. The summed E-state index contributed by atoms with van der Waals surface area (Å²) < 4.78 is 33.5. The molecule has 2 aliphatic rings. The number of anilines is 1. The minimum Gasteiger partial charge on any atom is -0.447 e. The predicted molar refractivity (Wildman–Crippen MR) is 111 cm³/mol. The summed E-state index contributed by atoms with van der Waals surface area (Å²) >= 11 is 0. The normalized spacial score (nSPS) is 20.2. The maximum Gasteiger partial charge on any atom is 0.283 e. The van der Waals surface area contributed by atoms with Gasteiger partial charge in [-0.25, -0.2) is 4.84 Å². The largest absolute Gasteiger partial charge is 0.447 e. The molecule has 0 spiro atoms. The molecule has 0 aliphatic carbocycles. The first-order valence-electron chi connectivity index (χ1n) is 10.7. The minimum absolute atomic E-state index is 0.289. The maximum absolute atomic E-state index is 5.90. The fraction of sp³-hybridized carbons (Fsp3) is 0.700. The van der Waals surface area contributed by atoms with E-state index in [0.29, 0.717) is 64.3 Å². The number of fused-ring (bicyclic) bond motifs is 1. The zero-order valence-corrected chi connectivity index (χ0v) is 17.9. The van der Waals surface area contributed by atoms with Crippen LogP contribution in [0.1, 0.15) is 13.3 Å². The number of hydrogen-bond acceptors (Lipinski definition) is 11. The van der Waals surface area contributed by atoms with Gasteiger partial charge < -0.3 is 33.7 Å². The Hall–Kier alpha value is -1.70. The molecule has 1 saturated heterocycles. The number of benzene rings is 1. The minimum atomic E-state index is -0.615. The molecule has 3 rings (SSSR count). The third-order valence-corrected chi connectivity index (χ3v) is 4.32. The Morgan fingerprint density at radius 1 is 0.935 bits per heavy atom. The summed E-state index contributed by atoms with van der Waals surface area (Å²) in [4.78, 5) is 10.1. The number of para-hydroxylation sites is 1. The van der Waals surface area contributed by atoms with Crippen molar-refractivity contribution in [1.82, 2.24) is 11.0 Å². The Kier molecular flexibility index (Phi) is 11.1. The number of nitrogens with one attached hydrogen (secondary N) is 3. The fourth-order valence-electron chi connectivity index (χ4n) is 2.85. The second kappa shape index (κ2) is 14.4. The number of hydrogen-bond donors (Lipinski definition) is 3. The quantitative estimate of drug-likeness (QED) is 0.319. The van der Waals surface area contributed by atoms with Crippen molar-refractivity contribution >= 4 is 5.69 Å². The average molecular weight is 443 g/mol. The van der Waals surface area contributed by atoms with E-state index in [9.17, 15) is 0 Å². The van der Waals surface area contributed by atoms with E-state index in [4.69, 9.17) is 38.1 Å². The molecule has 11 nitrogen and oxygen atoms in total. The molecule has 2 aliphatic heterocycles. The van der Waals surface area contributed by atoms with Crippen LogP contribution in [-0.4, -0.2) is 78.6 Å². The molecular formula is C20H33N3O8. The van der Waals surface area contributed by atoms with Crippen molar-refractivity contribution in [1.29, 1.82) is 0 Å². The van der Waals surface area contributed by atoms with Crippen molar-refractivity contribution in [2.24, 2.45) is 0 Å². The van der Waals surface area contributed by atoms with Crippen molar-refractivity contribution in [3.8, 4) is 11.5 Å². The molecule has 0 aromatic heterocycles. The van der Waals surface area contributed by atoms with Crippen molar-refractivity contribution in [3.63, 3.8) is 0 Å². The van der Waals surface area contributed by atoms with E-state index in [1.807, 2.05) is 18.2 Å². The summed E-state index contributed by atoms with van der Waals surface area (Å²) in [5, 5.41) is 6.29. The molecule has 3 N–H and O–H groups in total. The van der Waals surface area contributed by atoms with E-state index >= 15 is 0 Å². The molecule has 31 heavy (non-hydrogen) atoms. The third kappa shape index (κ3) is 8.39. The van der Waals surface area contributed by atoms with Gasteiger partial charge in [0.25, 0.3) is 6.29 Å². The van der Waals surface area contributed by atoms with Gasteiger partial charge in [0, 0.05) is 13.2 Å². The van der Waals surface area contributed by atoms with Crippen molar-refractivity contribution in [2.45, 2.75) is 25.9 Å². The van der Waals surface area contributed by atoms with Gasteiger partial charge in [-0.3, -0.25) is 10.2 Å². The van der Waals surface area contributed by atoms with Crippen LogP contribution in [0.3, 0.4) is 0 Å². The molecule has 0 amide bonds. The molecule has 0 saturated carbocycles. The lowest BCUT2D eigenvalue weighted by Crippen LogP contribution is -2.53. The average Bonchev–Trinajstić information content (AvgIpc) is 3.25. The Labute approximate surface area is 182 Å². The van der Waals surface area contributed by atoms with Crippen LogP contribution < -0.4 is 25.8 Å². The topological polar surface area (TPSA) is 110 Å². The van der Waals surface area contributed by atoms with Crippen LogP contribution in [-0.2, 0) is 28.6 Å². The first-order chi connectivity index (χ1) is 15.4. The summed E-state index contributed by atoms with van der Waals surface area (Å²) in [7, 11) is 0. The lowest BCUT2D eigenvalue weighted by molar-refractivity contribution is -0.284. The molecule has 176 valence electrons. The first-order valence-corrected chi connectivity index (χ1v) is 10.7. The highest BCUT2D eigenvalue weighted by Crippen LogP contribution is 2.41. The van der Waals surface area contributed by atoms with Crippen LogP contribution in [0.2, 0.25) is 0 Å². The second-order valence-electron chi connectivity index (χ2n) is 6.73. The van der Waals surface area contributed by atoms with Gasteiger partial charge in [0.15, 0.2) is 11.5 Å². The van der Waals surface area contributed by atoms with Crippen LogP contribution >= 0.6 is 0 Å². The first kappa shape index (κ1) is 24.0. The summed E-state index contributed by atoms with van der Waals surface area (Å²) in [6, 6.07) is 5.68. The maximum atomic E-state index is 5.90. The van der Waals surface area contributed by atoms with E-state index < -0.39 is 12.5 Å².